The van der Waals surface area contributed by atoms with Gasteiger partial charge in [0.25, 0.3) is 0 Å². The zero-order chi connectivity index (χ0) is 7.23. The third kappa shape index (κ3) is 2.70. The molecular formula is C9H19N. The average Bonchev–Trinajstić information content (AvgIpc) is 2.41. The number of hydrogen-bond donors (Lipinski definition) is 1. The standard InChI is InChI=1S/C9H19N/c1-10-8-4-7-9-5-2-3-6-9/h9-10H,2-8H2,1H3. The van der Waals surface area contributed by atoms with Gasteiger partial charge in [0, 0.05) is 0 Å². The fraction of sp³-hybridized carbons (Fsp3) is 1.00. The maximum absolute atomic E-state index is 3.19. The lowest BCUT2D eigenvalue weighted by Gasteiger charge is -2.06. The zero-order valence-corrected chi connectivity index (χ0v) is 7.03. The maximum Gasteiger partial charge on any atom is -0.00518 e. The smallest absolute Gasteiger partial charge is 0.00518 e. The molecule has 0 saturated heterocycles. The molecule has 0 aromatic heterocycles. The van der Waals surface area contributed by atoms with Crippen LogP contribution in [0.5, 0.6) is 0 Å². The van der Waals surface area contributed by atoms with E-state index in [0.29, 0.717) is 0 Å². The summed E-state index contributed by atoms with van der Waals surface area (Å²) in [6.07, 6.45) is 8.82. The molecule has 0 bridgehead atoms. The Labute approximate surface area is 64.2 Å². The Morgan fingerprint density at radius 2 is 2.00 bits per heavy atom. The largest absolute Gasteiger partial charge is 0.320 e. The predicted molar refractivity (Wildman–Crippen MR) is 45.1 cm³/mol. The second-order valence-corrected chi connectivity index (χ2v) is 3.40. The van der Waals surface area contributed by atoms with Crippen molar-refractivity contribution >= 4 is 0 Å². The van der Waals surface area contributed by atoms with Crippen LogP contribution in [0.4, 0.5) is 0 Å². The predicted octanol–water partition coefficient (Wildman–Crippen LogP) is 2.18. The van der Waals surface area contributed by atoms with Gasteiger partial charge < -0.3 is 5.32 Å². The molecule has 0 aromatic carbocycles. The van der Waals surface area contributed by atoms with Crippen LogP contribution < -0.4 is 5.32 Å². The highest BCUT2D eigenvalue weighted by molar-refractivity contribution is 4.67. The highest BCUT2D eigenvalue weighted by atomic mass is 14.8. The first kappa shape index (κ1) is 8.06. The SMILES string of the molecule is CNCCCC1CCCC1. The first-order chi connectivity index (χ1) is 4.93. The lowest BCUT2D eigenvalue weighted by atomic mass is 10.0. The molecule has 0 aromatic rings. The van der Waals surface area contributed by atoms with Crippen LogP contribution in [0.25, 0.3) is 0 Å². The van der Waals surface area contributed by atoms with Gasteiger partial charge in [-0.15, -0.1) is 0 Å². The van der Waals surface area contributed by atoms with Crippen LogP contribution in [0.15, 0.2) is 0 Å². The molecule has 0 atom stereocenters. The highest BCUT2D eigenvalue weighted by Crippen LogP contribution is 2.28. The van der Waals surface area contributed by atoms with Crippen LogP contribution in [-0.4, -0.2) is 13.6 Å². The first-order valence-corrected chi connectivity index (χ1v) is 4.58. The van der Waals surface area contributed by atoms with Crippen molar-refractivity contribution in [2.45, 2.75) is 38.5 Å². The Morgan fingerprint density at radius 3 is 2.60 bits per heavy atom. The molecule has 1 heteroatoms. The van der Waals surface area contributed by atoms with Crippen molar-refractivity contribution in [3.05, 3.63) is 0 Å². The van der Waals surface area contributed by atoms with Crippen molar-refractivity contribution in [2.24, 2.45) is 5.92 Å². The van der Waals surface area contributed by atoms with Gasteiger partial charge in [-0.3, -0.25) is 0 Å². The Bertz CT molecular complexity index is 74.8. The topological polar surface area (TPSA) is 12.0 Å². The Kier molecular flexibility index (Phi) is 3.81. The van der Waals surface area contributed by atoms with Gasteiger partial charge in [-0.2, -0.15) is 0 Å². The van der Waals surface area contributed by atoms with Crippen LogP contribution in [0.1, 0.15) is 38.5 Å². The minimum Gasteiger partial charge on any atom is -0.320 e. The van der Waals surface area contributed by atoms with Crippen molar-refractivity contribution in [2.75, 3.05) is 13.6 Å². The molecule has 1 nitrogen and oxygen atoms in total. The molecule has 1 N–H and O–H groups in total. The lowest BCUT2D eigenvalue weighted by molar-refractivity contribution is 0.478. The summed E-state index contributed by atoms with van der Waals surface area (Å²) in [5.41, 5.74) is 0. The van der Waals surface area contributed by atoms with E-state index in [1.807, 2.05) is 7.05 Å². The Balaban J connectivity index is 1.91. The molecular weight excluding hydrogens is 122 g/mol. The van der Waals surface area contributed by atoms with Crippen molar-refractivity contribution in [3.63, 3.8) is 0 Å². The molecule has 0 radical (unpaired) electrons. The molecule has 1 saturated carbocycles. The lowest BCUT2D eigenvalue weighted by Crippen LogP contribution is -2.08. The second-order valence-electron chi connectivity index (χ2n) is 3.40. The van der Waals surface area contributed by atoms with E-state index in [4.69, 9.17) is 0 Å². The van der Waals surface area contributed by atoms with Crippen LogP contribution in [0, 0.1) is 5.92 Å². The van der Waals surface area contributed by atoms with Gasteiger partial charge in [-0.05, 0) is 32.4 Å². The third-order valence-corrected chi connectivity index (χ3v) is 2.51. The highest BCUT2D eigenvalue weighted by Gasteiger charge is 2.13. The van der Waals surface area contributed by atoms with Gasteiger partial charge >= 0.3 is 0 Å². The van der Waals surface area contributed by atoms with Gasteiger partial charge in [0.05, 0.1) is 0 Å². The van der Waals surface area contributed by atoms with E-state index < -0.39 is 0 Å². The summed E-state index contributed by atoms with van der Waals surface area (Å²) in [6.45, 7) is 1.20. The average molecular weight is 141 g/mol. The minimum absolute atomic E-state index is 1.08. The molecule has 0 aliphatic heterocycles. The fourth-order valence-electron chi connectivity index (χ4n) is 1.87. The van der Waals surface area contributed by atoms with Crippen molar-refractivity contribution in [1.29, 1.82) is 0 Å². The Hall–Kier alpha value is -0.0400. The van der Waals surface area contributed by atoms with Gasteiger partial charge in [0.2, 0.25) is 0 Å². The quantitative estimate of drug-likeness (QED) is 0.592. The summed E-state index contributed by atoms with van der Waals surface area (Å²) in [5.74, 6) is 1.08. The van der Waals surface area contributed by atoms with E-state index in [0.717, 1.165) is 5.92 Å². The van der Waals surface area contributed by atoms with Crippen LogP contribution in [0.2, 0.25) is 0 Å². The van der Waals surface area contributed by atoms with Gasteiger partial charge in [-0.1, -0.05) is 25.7 Å². The van der Waals surface area contributed by atoms with E-state index >= 15 is 0 Å². The molecule has 0 unspecified atom stereocenters. The van der Waals surface area contributed by atoms with Crippen LogP contribution >= 0.6 is 0 Å². The minimum atomic E-state index is 1.08. The van der Waals surface area contributed by atoms with Crippen LogP contribution in [0.3, 0.4) is 0 Å². The molecule has 10 heavy (non-hydrogen) atoms. The molecule has 1 aliphatic carbocycles. The summed E-state index contributed by atoms with van der Waals surface area (Å²) >= 11 is 0. The normalized spacial score (nSPS) is 20.1. The maximum atomic E-state index is 3.19. The molecule has 0 heterocycles. The van der Waals surface area contributed by atoms with E-state index in [9.17, 15) is 0 Å². The summed E-state index contributed by atoms with van der Waals surface area (Å²) in [7, 11) is 2.04. The second kappa shape index (κ2) is 4.73. The summed E-state index contributed by atoms with van der Waals surface area (Å²) in [5, 5.41) is 3.19. The molecule has 0 spiro atoms. The summed E-state index contributed by atoms with van der Waals surface area (Å²) in [4.78, 5) is 0. The monoisotopic (exact) mass is 141 g/mol. The zero-order valence-electron chi connectivity index (χ0n) is 7.03. The van der Waals surface area contributed by atoms with Gasteiger partial charge in [0.1, 0.15) is 0 Å². The molecule has 60 valence electrons. The molecule has 1 aliphatic rings. The van der Waals surface area contributed by atoms with E-state index in [-0.39, 0.29) is 0 Å². The molecule has 1 fully saturated rings. The number of nitrogens with one attached hydrogen (secondary N) is 1. The molecule has 1 rings (SSSR count). The van der Waals surface area contributed by atoms with Crippen LogP contribution in [-0.2, 0) is 0 Å². The van der Waals surface area contributed by atoms with Crippen molar-refractivity contribution in [3.8, 4) is 0 Å². The van der Waals surface area contributed by atoms with Gasteiger partial charge in [0.15, 0.2) is 0 Å². The van der Waals surface area contributed by atoms with E-state index in [1.54, 1.807) is 0 Å². The number of rotatable bonds is 4. The summed E-state index contributed by atoms with van der Waals surface area (Å²) in [6, 6.07) is 0. The van der Waals surface area contributed by atoms with Gasteiger partial charge in [-0.25, -0.2) is 0 Å². The first-order valence-electron chi connectivity index (χ1n) is 4.58. The van der Waals surface area contributed by atoms with Crippen molar-refractivity contribution < 1.29 is 0 Å². The van der Waals surface area contributed by atoms with E-state index in [1.165, 1.54) is 45.1 Å². The number of hydrogen-bond acceptors (Lipinski definition) is 1. The van der Waals surface area contributed by atoms with Crippen molar-refractivity contribution in [1.82, 2.24) is 5.32 Å². The fourth-order valence-corrected chi connectivity index (χ4v) is 1.87. The third-order valence-electron chi connectivity index (χ3n) is 2.51. The van der Waals surface area contributed by atoms with E-state index in [2.05, 4.69) is 5.32 Å². The Morgan fingerprint density at radius 1 is 1.30 bits per heavy atom. The summed E-state index contributed by atoms with van der Waals surface area (Å²) < 4.78 is 0. The molecule has 0 amide bonds.